The van der Waals surface area contributed by atoms with Crippen LogP contribution >= 0.6 is 23.2 Å². The van der Waals surface area contributed by atoms with Crippen LogP contribution in [0.15, 0.2) is 36.4 Å². The topological polar surface area (TPSA) is 38.3 Å². The number of ether oxygens (including phenoxy) is 1. The molecule has 0 aromatic heterocycles. The molecule has 1 aliphatic carbocycles. The monoisotopic (exact) mass is 367 g/mol. The van der Waals surface area contributed by atoms with Gasteiger partial charge in [-0.05, 0) is 41.7 Å². The Kier molecular flexibility index (Phi) is 4.97. The second-order valence-electron chi connectivity index (χ2n) is 5.78. The van der Waals surface area contributed by atoms with E-state index in [0.29, 0.717) is 15.6 Å². The van der Waals surface area contributed by atoms with Gasteiger partial charge < -0.3 is 10.1 Å². The Balaban J connectivity index is 1.59. The van der Waals surface area contributed by atoms with Crippen LogP contribution in [0.1, 0.15) is 23.5 Å². The summed E-state index contributed by atoms with van der Waals surface area (Å²) >= 11 is 12.2. The zero-order valence-corrected chi connectivity index (χ0v) is 14.5. The number of rotatable bonds is 5. The van der Waals surface area contributed by atoms with E-state index < -0.39 is 5.82 Å². The molecule has 0 heterocycles. The minimum Gasteiger partial charge on any atom is -0.494 e. The number of amides is 1. The maximum Gasteiger partial charge on any atom is 0.224 e. The molecule has 1 aliphatic rings. The molecule has 1 fully saturated rings. The van der Waals surface area contributed by atoms with E-state index in [4.69, 9.17) is 27.9 Å². The quantitative estimate of drug-likeness (QED) is 0.840. The molecule has 1 saturated carbocycles. The summed E-state index contributed by atoms with van der Waals surface area (Å²) in [5.74, 6) is -0.359. The zero-order valence-electron chi connectivity index (χ0n) is 13.0. The van der Waals surface area contributed by atoms with Crippen LogP contribution in [-0.4, -0.2) is 13.0 Å². The summed E-state index contributed by atoms with van der Waals surface area (Å²) in [7, 11) is 1.41. The predicted molar refractivity (Wildman–Crippen MR) is 92.1 cm³/mol. The molecule has 0 radical (unpaired) electrons. The lowest BCUT2D eigenvalue weighted by atomic mass is 10.1. The van der Waals surface area contributed by atoms with Crippen molar-refractivity contribution in [3.8, 4) is 5.75 Å². The van der Waals surface area contributed by atoms with Gasteiger partial charge in [-0.3, -0.25) is 4.79 Å². The second kappa shape index (κ2) is 6.99. The Bertz CT molecular complexity index is 782. The van der Waals surface area contributed by atoms with Crippen LogP contribution in [0, 0.1) is 11.7 Å². The molecular formula is C18H16Cl2FNO2. The van der Waals surface area contributed by atoms with E-state index in [1.54, 1.807) is 18.2 Å². The Morgan fingerprint density at radius 2 is 2.12 bits per heavy atom. The summed E-state index contributed by atoms with van der Waals surface area (Å²) in [5, 5.41) is 3.84. The first-order chi connectivity index (χ1) is 11.5. The number of carbonyl (C=O) groups excluding carboxylic acids is 1. The van der Waals surface area contributed by atoms with Gasteiger partial charge in [-0.15, -0.1) is 0 Å². The summed E-state index contributed by atoms with van der Waals surface area (Å²) in [6.07, 6.45) is 0.739. The first-order valence-corrected chi connectivity index (χ1v) is 8.31. The third-order valence-corrected chi connectivity index (χ3v) is 5.02. The molecule has 0 spiro atoms. The normalized spacial score (nSPS) is 19.0. The fourth-order valence-electron chi connectivity index (χ4n) is 2.78. The molecule has 0 bridgehead atoms. The van der Waals surface area contributed by atoms with Crippen molar-refractivity contribution in [3.63, 3.8) is 0 Å². The maximum atomic E-state index is 13.6. The SMILES string of the molecule is COc1ccc(CNC(=O)[C@H]2C[C@H]2c2cccc(Cl)c2Cl)cc1F. The molecule has 6 heteroatoms. The van der Waals surface area contributed by atoms with Gasteiger partial charge in [-0.2, -0.15) is 0 Å². The number of benzene rings is 2. The highest BCUT2D eigenvalue weighted by Crippen LogP contribution is 2.50. The average Bonchev–Trinajstić information content (AvgIpc) is 3.36. The highest BCUT2D eigenvalue weighted by Gasteiger charge is 2.44. The van der Waals surface area contributed by atoms with Crippen molar-refractivity contribution >= 4 is 29.1 Å². The Labute approximate surface area is 149 Å². The van der Waals surface area contributed by atoms with Gasteiger partial charge in [0.1, 0.15) is 0 Å². The van der Waals surface area contributed by atoms with E-state index in [1.165, 1.54) is 13.2 Å². The van der Waals surface area contributed by atoms with Gasteiger partial charge in [0.15, 0.2) is 11.6 Å². The number of halogens is 3. The van der Waals surface area contributed by atoms with E-state index in [2.05, 4.69) is 5.32 Å². The highest BCUT2D eigenvalue weighted by molar-refractivity contribution is 6.42. The molecule has 2 aromatic rings. The lowest BCUT2D eigenvalue weighted by Gasteiger charge is -2.08. The molecule has 126 valence electrons. The van der Waals surface area contributed by atoms with Crippen molar-refractivity contribution in [2.75, 3.05) is 7.11 Å². The summed E-state index contributed by atoms with van der Waals surface area (Å²) in [6.45, 7) is 0.270. The molecule has 0 unspecified atom stereocenters. The fourth-order valence-corrected chi connectivity index (χ4v) is 3.22. The van der Waals surface area contributed by atoms with Crippen LogP contribution in [0.4, 0.5) is 4.39 Å². The van der Waals surface area contributed by atoms with Gasteiger partial charge in [0.05, 0.1) is 17.2 Å². The lowest BCUT2D eigenvalue weighted by molar-refractivity contribution is -0.122. The number of hydrogen-bond acceptors (Lipinski definition) is 2. The summed E-state index contributed by atoms with van der Waals surface area (Å²) in [6, 6.07) is 10.1. The van der Waals surface area contributed by atoms with E-state index in [9.17, 15) is 9.18 Å². The van der Waals surface area contributed by atoms with E-state index in [0.717, 1.165) is 12.0 Å². The van der Waals surface area contributed by atoms with Crippen molar-refractivity contribution in [1.29, 1.82) is 0 Å². The van der Waals surface area contributed by atoms with Gasteiger partial charge in [-0.1, -0.05) is 41.4 Å². The summed E-state index contributed by atoms with van der Waals surface area (Å²) in [5.41, 5.74) is 1.58. The van der Waals surface area contributed by atoms with Crippen LogP contribution in [0.3, 0.4) is 0 Å². The highest BCUT2D eigenvalue weighted by atomic mass is 35.5. The van der Waals surface area contributed by atoms with Gasteiger partial charge in [0.25, 0.3) is 0 Å². The van der Waals surface area contributed by atoms with E-state index in [-0.39, 0.29) is 30.0 Å². The van der Waals surface area contributed by atoms with Crippen LogP contribution < -0.4 is 10.1 Å². The Morgan fingerprint density at radius 3 is 2.83 bits per heavy atom. The molecule has 1 N–H and O–H groups in total. The Morgan fingerprint density at radius 1 is 1.33 bits per heavy atom. The standard InChI is InChI=1S/C18H16Cl2FNO2/c1-24-16-6-5-10(7-15(16)21)9-22-18(23)13-8-12(13)11-3-2-4-14(19)17(11)20/h2-7,12-13H,8-9H2,1H3,(H,22,23)/t12-,13-/m0/s1. The molecule has 1 amide bonds. The van der Waals surface area contributed by atoms with Crippen molar-refractivity contribution in [1.82, 2.24) is 5.32 Å². The van der Waals surface area contributed by atoms with E-state index >= 15 is 0 Å². The second-order valence-corrected chi connectivity index (χ2v) is 6.56. The molecule has 3 rings (SSSR count). The fraction of sp³-hybridized carbons (Fsp3) is 0.278. The van der Waals surface area contributed by atoms with Gasteiger partial charge in [0, 0.05) is 12.5 Å². The molecule has 24 heavy (non-hydrogen) atoms. The molecule has 0 saturated heterocycles. The van der Waals surface area contributed by atoms with Gasteiger partial charge in [0.2, 0.25) is 5.91 Å². The van der Waals surface area contributed by atoms with Gasteiger partial charge in [-0.25, -0.2) is 4.39 Å². The minimum absolute atomic E-state index is 0.0627. The minimum atomic E-state index is -0.445. The third kappa shape index (κ3) is 3.50. The zero-order chi connectivity index (χ0) is 17.3. The maximum absolute atomic E-state index is 13.6. The number of hydrogen-bond donors (Lipinski definition) is 1. The first-order valence-electron chi connectivity index (χ1n) is 7.55. The van der Waals surface area contributed by atoms with Crippen LogP contribution in [0.2, 0.25) is 10.0 Å². The van der Waals surface area contributed by atoms with Gasteiger partial charge >= 0.3 is 0 Å². The number of carbonyl (C=O) groups is 1. The smallest absolute Gasteiger partial charge is 0.224 e. The predicted octanol–water partition coefficient (Wildman–Crippen LogP) is 4.56. The largest absolute Gasteiger partial charge is 0.494 e. The molecule has 0 aliphatic heterocycles. The lowest BCUT2D eigenvalue weighted by Crippen LogP contribution is -2.25. The van der Waals surface area contributed by atoms with E-state index in [1.807, 2.05) is 12.1 Å². The summed E-state index contributed by atoms with van der Waals surface area (Å²) in [4.78, 5) is 12.3. The van der Waals surface area contributed by atoms with Crippen molar-refractivity contribution < 1.29 is 13.9 Å². The average molecular weight is 368 g/mol. The van der Waals surface area contributed by atoms with Crippen LogP contribution in [0.25, 0.3) is 0 Å². The van der Waals surface area contributed by atoms with Crippen LogP contribution in [0.5, 0.6) is 5.75 Å². The Hall–Kier alpha value is -1.78. The molecular weight excluding hydrogens is 352 g/mol. The van der Waals surface area contributed by atoms with Crippen molar-refractivity contribution in [2.45, 2.75) is 18.9 Å². The molecule has 3 nitrogen and oxygen atoms in total. The first kappa shape index (κ1) is 17.1. The number of nitrogens with one attached hydrogen (secondary N) is 1. The van der Waals surface area contributed by atoms with Crippen molar-refractivity contribution in [3.05, 3.63) is 63.4 Å². The van der Waals surface area contributed by atoms with Crippen molar-refractivity contribution in [2.24, 2.45) is 5.92 Å². The summed E-state index contributed by atoms with van der Waals surface area (Å²) < 4.78 is 18.5. The van der Waals surface area contributed by atoms with Crippen LogP contribution in [-0.2, 0) is 11.3 Å². The molecule has 2 atom stereocenters. The number of methoxy groups -OCH3 is 1. The molecule has 2 aromatic carbocycles. The third-order valence-electron chi connectivity index (χ3n) is 4.19.